The van der Waals surface area contributed by atoms with Gasteiger partial charge in [0.15, 0.2) is 22.1 Å². The molecule has 0 bridgehead atoms. The van der Waals surface area contributed by atoms with Gasteiger partial charge in [0, 0.05) is 17.8 Å². The minimum absolute atomic E-state index is 0.227. The predicted octanol–water partition coefficient (Wildman–Crippen LogP) is 2.60. The van der Waals surface area contributed by atoms with Crippen LogP contribution in [0.3, 0.4) is 0 Å². The zero-order chi connectivity index (χ0) is 18.1. The van der Waals surface area contributed by atoms with Crippen LogP contribution in [0.2, 0.25) is 0 Å². The van der Waals surface area contributed by atoms with Crippen LogP contribution in [0.4, 0.5) is 5.82 Å². The number of anilines is 1. The Hall–Kier alpha value is -3.07. The van der Waals surface area contributed by atoms with E-state index < -0.39 is 0 Å². The maximum absolute atomic E-state index is 11.1. The van der Waals surface area contributed by atoms with Gasteiger partial charge >= 0.3 is 5.97 Å². The van der Waals surface area contributed by atoms with Crippen molar-refractivity contribution in [3.05, 3.63) is 36.7 Å². The fraction of sp³-hybridized carbons (Fsp3) is 0.176. The molecule has 4 rings (SSSR count). The highest BCUT2D eigenvalue weighted by atomic mass is 32.2. The first-order chi connectivity index (χ1) is 12.6. The van der Waals surface area contributed by atoms with Crippen molar-refractivity contribution in [2.45, 2.75) is 23.7 Å². The van der Waals surface area contributed by atoms with Gasteiger partial charge in [-0.15, -0.1) is 0 Å². The molecule has 0 aliphatic rings. The zero-order valence-electron chi connectivity index (χ0n) is 14.0. The number of imidazole rings is 1. The molecule has 0 fully saturated rings. The molecule has 0 saturated carbocycles. The number of rotatable bonds is 5. The van der Waals surface area contributed by atoms with E-state index in [1.807, 2.05) is 28.8 Å². The standard InChI is InChI=1S/C17H16N6O2S/c1-10(24)25-7-6-23-16-14(15(18)19-9-20-16)22-17(23)26-13-8-11-4-2-3-5-12(11)21-13/h2-5,8-9,21H,6-7H2,1H3,(H2,18,19,20). The number of fused-ring (bicyclic) bond motifs is 2. The minimum atomic E-state index is -0.326. The number of nitrogen functional groups attached to an aromatic ring is 1. The fourth-order valence-corrected chi connectivity index (χ4v) is 3.66. The Morgan fingerprint density at radius 2 is 2.19 bits per heavy atom. The number of carbonyl (C=O) groups is 1. The number of benzene rings is 1. The summed E-state index contributed by atoms with van der Waals surface area (Å²) in [7, 11) is 0. The summed E-state index contributed by atoms with van der Waals surface area (Å²) in [6.07, 6.45) is 1.40. The second-order valence-electron chi connectivity index (χ2n) is 5.64. The number of hydrogen-bond donors (Lipinski definition) is 2. The molecule has 0 unspecified atom stereocenters. The highest BCUT2D eigenvalue weighted by Crippen LogP contribution is 2.32. The van der Waals surface area contributed by atoms with E-state index in [1.165, 1.54) is 25.0 Å². The fourth-order valence-electron chi connectivity index (χ4n) is 2.69. The van der Waals surface area contributed by atoms with E-state index in [2.05, 4.69) is 26.0 Å². The summed E-state index contributed by atoms with van der Waals surface area (Å²) in [6.45, 7) is 2.03. The molecular weight excluding hydrogens is 352 g/mol. The summed E-state index contributed by atoms with van der Waals surface area (Å²) in [4.78, 5) is 27.3. The molecule has 0 amide bonds. The van der Waals surface area contributed by atoms with E-state index in [1.54, 1.807) is 0 Å². The molecule has 3 aromatic heterocycles. The van der Waals surface area contributed by atoms with Crippen LogP contribution in [0, 0.1) is 0 Å². The third-order valence-corrected chi connectivity index (χ3v) is 4.79. The van der Waals surface area contributed by atoms with Crippen molar-refractivity contribution in [1.29, 1.82) is 0 Å². The van der Waals surface area contributed by atoms with Crippen molar-refractivity contribution in [3.8, 4) is 0 Å². The lowest BCUT2D eigenvalue weighted by atomic mass is 10.3. The van der Waals surface area contributed by atoms with E-state index in [9.17, 15) is 4.79 Å². The number of nitrogens with two attached hydrogens (primary N) is 1. The lowest BCUT2D eigenvalue weighted by molar-refractivity contribution is -0.141. The molecular formula is C17H16N6O2S. The Morgan fingerprint density at radius 1 is 1.35 bits per heavy atom. The average Bonchev–Trinajstić information content (AvgIpc) is 3.17. The van der Waals surface area contributed by atoms with Crippen molar-refractivity contribution in [1.82, 2.24) is 24.5 Å². The van der Waals surface area contributed by atoms with Gasteiger partial charge in [-0.1, -0.05) is 18.2 Å². The summed E-state index contributed by atoms with van der Waals surface area (Å²) in [6, 6.07) is 10.1. The number of carbonyl (C=O) groups excluding carboxylic acids is 1. The number of ether oxygens (including phenoxy) is 1. The molecule has 3 N–H and O–H groups in total. The monoisotopic (exact) mass is 368 g/mol. The molecule has 0 aliphatic carbocycles. The van der Waals surface area contributed by atoms with Gasteiger partial charge in [-0.25, -0.2) is 15.0 Å². The Balaban J connectivity index is 1.72. The molecule has 0 radical (unpaired) electrons. The lowest BCUT2D eigenvalue weighted by Crippen LogP contribution is -2.10. The van der Waals surface area contributed by atoms with Gasteiger partial charge in [0.2, 0.25) is 0 Å². The van der Waals surface area contributed by atoms with Crippen molar-refractivity contribution in [2.75, 3.05) is 12.3 Å². The van der Waals surface area contributed by atoms with E-state index in [0.717, 1.165) is 15.9 Å². The minimum Gasteiger partial charge on any atom is -0.464 e. The molecule has 0 atom stereocenters. The second-order valence-corrected chi connectivity index (χ2v) is 6.65. The zero-order valence-corrected chi connectivity index (χ0v) is 14.8. The molecule has 0 saturated heterocycles. The van der Waals surface area contributed by atoms with Crippen LogP contribution in [-0.4, -0.2) is 37.1 Å². The number of para-hydroxylation sites is 1. The molecule has 26 heavy (non-hydrogen) atoms. The first kappa shape index (κ1) is 16.4. The largest absolute Gasteiger partial charge is 0.464 e. The van der Waals surface area contributed by atoms with Crippen LogP contribution in [0.1, 0.15) is 6.92 Å². The van der Waals surface area contributed by atoms with Crippen LogP contribution in [0.5, 0.6) is 0 Å². The highest BCUT2D eigenvalue weighted by molar-refractivity contribution is 7.99. The molecule has 0 spiro atoms. The molecule has 4 aromatic rings. The predicted molar refractivity (Wildman–Crippen MR) is 98.8 cm³/mol. The van der Waals surface area contributed by atoms with Crippen LogP contribution >= 0.6 is 11.8 Å². The van der Waals surface area contributed by atoms with Gasteiger partial charge in [-0.3, -0.25) is 9.36 Å². The van der Waals surface area contributed by atoms with E-state index in [4.69, 9.17) is 10.5 Å². The first-order valence-corrected chi connectivity index (χ1v) is 8.79. The third kappa shape index (κ3) is 3.08. The van der Waals surface area contributed by atoms with Crippen molar-refractivity contribution >= 4 is 45.6 Å². The average molecular weight is 368 g/mol. The maximum Gasteiger partial charge on any atom is 0.302 e. The number of nitrogens with zero attached hydrogens (tertiary/aromatic N) is 4. The van der Waals surface area contributed by atoms with Crippen molar-refractivity contribution in [3.63, 3.8) is 0 Å². The highest BCUT2D eigenvalue weighted by Gasteiger charge is 2.17. The Morgan fingerprint density at radius 3 is 3.00 bits per heavy atom. The summed E-state index contributed by atoms with van der Waals surface area (Å²) in [5, 5.41) is 2.77. The Bertz CT molecular complexity index is 1070. The molecule has 1 aromatic carbocycles. The van der Waals surface area contributed by atoms with Crippen LogP contribution in [0.15, 0.2) is 46.8 Å². The number of nitrogens with one attached hydrogen (secondary N) is 1. The Labute approximate surface area is 152 Å². The molecule has 8 nitrogen and oxygen atoms in total. The second kappa shape index (κ2) is 6.68. The number of H-pyrrole nitrogens is 1. The summed E-state index contributed by atoms with van der Waals surface area (Å²) >= 11 is 1.47. The van der Waals surface area contributed by atoms with Crippen LogP contribution in [-0.2, 0) is 16.1 Å². The lowest BCUT2D eigenvalue weighted by Gasteiger charge is -2.07. The SMILES string of the molecule is CC(=O)OCCn1c(Sc2cc3ccccc3[nH]2)nc2c(N)ncnc21. The summed E-state index contributed by atoms with van der Waals surface area (Å²) < 4.78 is 6.95. The number of hydrogen-bond acceptors (Lipinski definition) is 7. The molecule has 9 heteroatoms. The van der Waals surface area contributed by atoms with Gasteiger partial charge in [-0.05, 0) is 23.9 Å². The van der Waals surface area contributed by atoms with Gasteiger partial charge in [0.05, 0.1) is 11.6 Å². The Kier molecular flexibility index (Phi) is 4.21. The normalized spacial score (nSPS) is 11.3. The maximum atomic E-state index is 11.1. The smallest absolute Gasteiger partial charge is 0.302 e. The molecule has 3 heterocycles. The third-order valence-electron chi connectivity index (χ3n) is 3.85. The molecule has 132 valence electrons. The summed E-state index contributed by atoms with van der Waals surface area (Å²) in [5.41, 5.74) is 8.14. The van der Waals surface area contributed by atoms with E-state index in [-0.39, 0.29) is 12.6 Å². The van der Waals surface area contributed by atoms with Gasteiger partial charge in [0.1, 0.15) is 12.9 Å². The van der Waals surface area contributed by atoms with Gasteiger partial charge < -0.3 is 15.5 Å². The number of esters is 1. The van der Waals surface area contributed by atoms with Gasteiger partial charge in [0.25, 0.3) is 0 Å². The van der Waals surface area contributed by atoms with E-state index >= 15 is 0 Å². The van der Waals surface area contributed by atoms with Crippen molar-refractivity contribution < 1.29 is 9.53 Å². The summed E-state index contributed by atoms with van der Waals surface area (Å²) in [5.74, 6) is -0.00638. The van der Waals surface area contributed by atoms with Crippen LogP contribution in [0.25, 0.3) is 22.1 Å². The van der Waals surface area contributed by atoms with E-state index in [0.29, 0.717) is 28.7 Å². The van der Waals surface area contributed by atoms with Crippen LogP contribution < -0.4 is 5.73 Å². The van der Waals surface area contributed by atoms with Crippen molar-refractivity contribution in [2.24, 2.45) is 0 Å². The van der Waals surface area contributed by atoms with Gasteiger partial charge in [-0.2, -0.15) is 0 Å². The number of aromatic nitrogens is 5. The molecule has 0 aliphatic heterocycles. The first-order valence-electron chi connectivity index (χ1n) is 7.97. The number of aromatic amines is 1. The quantitative estimate of drug-likeness (QED) is 0.521. The topological polar surface area (TPSA) is 112 Å².